The van der Waals surface area contributed by atoms with Crippen LogP contribution < -0.4 is 15.6 Å². The SMILES string of the molecule is COCCn1ccc2nc(C)c(C(=O)Nc3ccccc3OC)cc2c1=O. The number of pyridine rings is 2. The van der Waals surface area contributed by atoms with E-state index >= 15 is 0 Å². The van der Waals surface area contributed by atoms with E-state index in [1.165, 1.54) is 7.11 Å². The van der Waals surface area contributed by atoms with Gasteiger partial charge in [0.15, 0.2) is 0 Å². The summed E-state index contributed by atoms with van der Waals surface area (Å²) < 4.78 is 11.8. The highest BCUT2D eigenvalue weighted by Crippen LogP contribution is 2.24. The van der Waals surface area contributed by atoms with Gasteiger partial charge in [-0.1, -0.05) is 12.1 Å². The molecule has 3 aromatic rings. The van der Waals surface area contributed by atoms with Crippen LogP contribution in [0.2, 0.25) is 0 Å². The van der Waals surface area contributed by atoms with Crippen LogP contribution in [0.4, 0.5) is 5.69 Å². The van der Waals surface area contributed by atoms with E-state index in [4.69, 9.17) is 9.47 Å². The van der Waals surface area contributed by atoms with Crippen LogP contribution in [-0.4, -0.2) is 36.3 Å². The maximum absolute atomic E-state index is 12.8. The Bertz CT molecular complexity index is 1040. The molecule has 7 heteroatoms. The lowest BCUT2D eigenvalue weighted by atomic mass is 10.1. The summed E-state index contributed by atoms with van der Waals surface area (Å²) in [5.74, 6) is 0.206. The minimum absolute atomic E-state index is 0.205. The molecule has 1 aromatic carbocycles. The summed E-state index contributed by atoms with van der Waals surface area (Å²) in [6.07, 6.45) is 1.69. The highest BCUT2D eigenvalue weighted by atomic mass is 16.5. The van der Waals surface area contributed by atoms with Crippen molar-refractivity contribution in [3.05, 3.63) is 64.2 Å². The van der Waals surface area contributed by atoms with Gasteiger partial charge < -0.3 is 19.4 Å². The Morgan fingerprint density at radius 2 is 2.00 bits per heavy atom. The van der Waals surface area contributed by atoms with Crippen molar-refractivity contribution < 1.29 is 14.3 Å². The Hall–Kier alpha value is -3.19. The summed E-state index contributed by atoms with van der Waals surface area (Å²) in [6.45, 7) is 2.60. The number of ether oxygens (including phenoxy) is 2. The molecule has 0 unspecified atom stereocenters. The Labute approximate surface area is 156 Å². The molecule has 0 saturated heterocycles. The molecule has 3 rings (SSSR count). The number of fused-ring (bicyclic) bond motifs is 1. The molecule has 0 radical (unpaired) electrons. The van der Waals surface area contributed by atoms with E-state index in [0.29, 0.717) is 46.7 Å². The maximum Gasteiger partial charge on any atom is 0.260 e. The van der Waals surface area contributed by atoms with Gasteiger partial charge in [-0.15, -0.1) is 0 Å². The molecule has 0 bridgehead atoms. The fourth-order valence-electron chi connectivity index (χ4n) is 2.84. The van der Waals surface area contributed by atoms with Crippen molar-refractivity contribution in [3.8, 4) is 5.75 Å². The van der Waals surface area contributed by atoms with Crippen LogP contribution in [0, 0.1) is 6.92 Å². The molecule has 0 fully saturated rings. The third-order valence-corrected chi connectivity index (χ3v) is 4.28. The zero-order valence-corrected chi connectivity index (χ0v) is 15.5. The highest BCUT2D eigenvalue weighted by Gasteiger charge is 2.15. The molecule has 140 valence electrons. The molecule has 0 atom stereocenters. The summed E-state index contributed by atoms with van der Waals surface area (Å²) in [5, 5.41) is 3.21. The van der Waals surface area contributed by atoms with Gasteiger partial charge in [0.25, 0.3) is 11.5 Å². The van der Waals surface area contributed by atoms with Crippen LogP contribution in [0.3, 0.4) is 0 Å². The van der Waals surface area contributed by atoms with Gasteiger partial charge >= 0.3 is 0 Å². The van der Waals surface area contributed by atoms with Crippen LogP contribution in [-0.2, 0) is 11.3 Å². The third-order valence-electron chi connectivity index (χ3n) is 4.28. The number of methoxy groups -OCH3 is 2. The van der Waals surface area contributed by atoms with Crippen molar-refractivity contribution >= 4 is 22.5 Å². The molecule has 2 aromatic heterocycles. The first-order valence-electron chi connectivity index (χ1n) is 8.49. The second-order valence-electron chi connectivity index (χ2n) is 6.02. The number of rotatable bonds is 6. The van der Waals surface area contributed by atoms with Gasteiger partial charge in [0.2, 0.25) is 0 Å². The molecular weight excluding hydrogens is 346 g/mol. The van der Waals surface area contributed by atoms with Gasteiger partial charge in [-0.05, 0) is 31.2 Å². The van der Waals surface area contributed by atoms with Crippen LogP contribution in [0.1, 0.15) is 16.1 Å². The van der Waals surface area contributed by atoms with E-state index in [2.05, 4.69) is 10.3 Å². The number of aryl methyl sites for hydroxylation is 1. The Morgan fingerprint density at radius 1 is 1.22 bits per heavy atom. The highest BCUT2D eigenvalue weighted by molar-refractivity contribution is 6.07. The largest absolute Gasteiger partial charge is 0.495 e. The summed E-state index contributed by atoms with van der Waals surface area (Å²) in [7, 11) is 3.12. The van der Waals surface area contributed by atoms with Crippen LogP contribution >= 0.6 is 0 Å². The Kier molecular flexibility index (Phi) is 5.52. The van der Waals surface area contributed by atoms with Crippen molar-refractivity contribution in [2.45, 2.75) is 13.5 Å². The molecule has 0 aliphatic heterocycles. The number of hydrogen-bond donors (Lipinski definition) is 1. The maximum atomic E-state index is 12.8. The Morgan fingerprint density at radius 3 is 2.74 bits per heavy atom. The Balaban J connectivity index is 2.00. The van der Waals surface area contributed by atoms with Crippen molar-refractivity contribution in [1.82, 2.24) is 9.55 Å². The van der Waals surface area contributed by atoms with E-state index in [0.717, 1.165) is 0 Å². The molecule has 0 aliphatic carbocycles. The lowest BCUT2D eigenvalue weighted by molar-refractivity contribution is 0.102. The second kappa shape index (κ2) is 8.01. The predicted molar refractivity (Wildman–Crippen MR) is 104 cm³/mol. The minimum atomic E-state index is -0.349. The van der Waals surface area contributed by atoms with E-state index in [-0.39, 0.29) is 11.5 Å². The molecule has 0 saturated carbocycles. The monoisotopic (exact) mass is 367 g/mol. The third kappa shape index (κ3) is 3.83. The van der Waals surface area contributed by atoms with Crippen LogP contribution in [0.5, 0.6) is 5.75 Å². The van der Waals surface area contributed by atoms with Gasteiger partial charge in [0.05, 0.1) is 41.6 Å². The molecule has 7 nitrogen and oxygen atoms in total. The first kappa shape index (κ1) is 18.6. The quantitative estimate of drug-likeness (QED) is 0.724. The zero-order chi connectivity index (χ0) is 19.4. The van der Waals surface area contributed by atoms with Gasteiger partial charge in [-0.2, -0.15) is 0 Å². The number of aromatic nitrogens is 2. The van der Waals surface area contributed by atoms with E-state index < -0.39 is 0 Å². The number of nitrogens with one attached hydrogen (secondary N) is 1. The van der Waals surface area contributed by atoms with Crippen LogP contribution in [0.15, 0.2) is 47.4 Å². The number of nitrogens with zero attached hydrogens (tertiary/aromatic N) is 2. The number of hydrogen-bond acceptors (Lipinski definition) is 5. The lowest BCUT2D eigenvalue weighted by Gasteiger charge is -2.12. The normalized spacial score (nSPS) is 10.8. The summed E-state index contributed by atoms with van der Waals surface area (Å²) in [6, 6.07) is 10.5. The van der Waals surface area contributed by atoms with Crippen molar-refractivity contribution in [1.29, 1.82) is 0 Å². The van der Waals surface area contributed by atoms with Crippen molar-refractivity contribution in [2.24, 2.45) is 0 Å². The lowest BCUT2D eigenvalue weighted by Crippen LogP contribution is -2.23. The van der Waals surface area contributed by atoms with Gasteiger partial charge in [-0.3, -0.25) is 14.6 Å². The molecule has 27 heavy (non-hydrogen) atoms. The minimum Gasteiger partial charge on any atom is -0.495 e. The summed E-state index contributed by atoms with van der Waals surface area (Å²) >= 11 is 0. The van der Waals surface area contributed by atoms with Crippen molar-refractivity contribution in [2.75, 3.05) is 26.1 Å². The van der Waals surface area contributed by atoms with Crippen LogP contribution in [0.25, 0.3) is 10.9 Å². The number of anilines is 1. The van der Waals surface area contributed by atoms with E-state index in [1.807, 2.05) is 6.07 Å². The number of para-hydroxylation sites is 2. The van der Waals surface area contributed by atoms with Gasteiger partial charge in [0.1, 0.15) is 5.75 Å². The van der Waals surface area contributed by atoms with Crippen molar-refractivity contribution in [3.63, 3.8) is 0 Å². The fraction of sp³-hybridized carbons (Fsp3) is 0.250. The molecule has 0 spiro atoms. The number of carbonyl (C=O) groups excluding carboxylic acids is 1. The second-order valence-corrected chi connectivity index (χ2v) is 6.02. The molecule has 0 aliphatic rings. The number of carbonyl (C=O) groups is 1. The average Bonchev–Trinajstić information content (AvgIpc) is 2.67. The molecular formula is C20H21N3O4. The predicted octanol–water partition coefficient (Wildman–Crippen LogP) is 2.61. The number of benzene rings is 1. The van der Waals surface area contributed by atoms with Gasteiger partial charge in [0, 0.05) is 19.9 Å². The summed E-state index contributed by atoms with van der Waals surface area (Å²) in [4.78, 5) is 29.9. The van der Waals surface area contributed by atoms with Gasteiger partial charge in [-0.25, -0.2) is 0 Å². The topological polar surface area (TPSA) is 82.5 Å². The molecule has 1 amide bonds. The first-order valence-corrected chi connectivity index (χ1v) is 8.49. The average molecular weight is 367 g/mol. The fourth-order valence-corrected chi connectivity index (χ4v) is 2.84. The molecule has 1 N–H and O–H groups in total. The molecule has 2 heterocycles. The van der Waals surface area contributed by atoms with E-state index in [1.54, 1.807) is 55.1 Å². The smallest absolute Gasteiger partial charge is 0.260 e. The van der Waals surface area contributed by atoms with E-state index in [9.17, 15) is 9.59 Å². The zero-order valence-electron chi connectivity index (χ0n) is 15.5. The number of amides is 1. The first-order chi connectivity index (χ1) is 13.0. The summed E-state index contributed by atoms with van der Waals surface area (Å²) in [5.41, 5.74) is 1.79. The standard InChI is InChI=1S/C20H21N3O4/c1-13-14(19(24)22-17-6-4-5-7-18(17)27-3)12-15-16(21-13)8-9-23(20(15)25)10-11-26-2/h4-9,12H,10-11H2,1-3H3,(H,22,24).